The lowest BCUT2D eigenvalue weighted by molar-refractivity contribution is -0.163. The number of benzene rings is 1. The van der Waals surface area contributed by atoms with Gasteiger partial charge >= 0.3 is 0 Å². The molecule has 146 valence electrons. The molecular formula is C19H25N3O4S. The lowest BCUT2D eigenvalue weighted by atomic mass is 9.79. The number of carbonyl (C=O) groups is 2. The van der Waals surface area contributed by atoms with Crippen molar-refractivity contribution in [3.05, 3.63) is 29.8 Å². The minimum Gasteiger partial charge on any atom is -0.328 e. The van der Waals surface area contributed by atoms with Gasteiger partial charge in [-0.25, -0.2) is 13.1 Å². The number of amides is 2. The van der Waals surface area contributed by atoms with E-state index < -0.39 is 26.9 Å². The van der Waals surface area contributed by atoms with Crippen LogP contribution < -0.4 is 4.72 Å². The molecule has 0 spiro atoms. The van der Waals surface area contributed by atoms with Gasteiger partial charge in [-0.2, -0.15) is 5.26 Å². The fourth-order valence-corrected chi connectivity index (χ4v) is 4.29. The Hall–Kier alpha value is -2.40. The largest absolute Gasteiger partial charge is 0.328 e. The third kappa shape index (κ3) is 3.98. The molecule has 1 aliphatic rings. The van der Waals surface area contributed by atoms with Crippen molar-refractivity contribution >= 4 is 21.8 Å². The SMILES string of the molecule is CCCC(C)(C)C(=O)N1CCC1(C)C(=O)NS(=O)(=O)c1ccc(C#N)cc1. The van der Waals surface area contributed by atoms with Crippen LogP contribution >= 0.6 is 0 Å². The highest BCUT2D eigenvalue weighted by Crippen LogP contribution is 2.37. The predicted molar refractivity (Wildman–Crippen MR) is 99.9 cm³/mol. The Morgan fingerprint density at radius 2 is 1.89 bits per heavy atom. The number of carbonyl (C=O) groups excluding carboxylic acids is 2. The van der Waals surface area contributed by atoms with Crippen molar-refractivity contribution in [2.75, 3.05) is 6.54 Å². The van der Waals surface area contributed by atoms with E-state index in [9.17, 15) is 18.0 Å². The Morgan fingerprint density at radius 1 is 1.30 bits per heavy atom. The first-order valence-corrected chi connectivity index (χ1v) is 10.4. The number of rotatable bonds is 6. The molecule has 0 radical (unpaired) electrons. The molecule has 0 aliphatic carbocycles. The third-order valence-electron chi connectivity index (χ3n) is 5.13. The second-order valence-electron chi connectivity index (χ2n) is 7.69. The van der Waals surface area contributed by atoms with Gasteiger partial charge in [0.15, 0.2) is 0 Å². The normalized spacial score (nSPS) is 19.7. The Labute approximate surface area is 160 Å². The summed E-state index contributed by atoms with van der Waals surface area (Å²) in [6, 6.07) is 7.18. The minimum absolute atomic E-state index is 0.109. The molecule has 27 heavy (non-hydrogen) atoms. The lowest BCUT2D eigenvalue weighted by Gasteiger charge is -2.51. The van der Waals surface area contributed by atoms with Crippen LogP contribution in [0.5, 0.6) is 0 Å². The quantitative estimate of drug-likeness (QED) is 0.800. The minimum atomic E-state index is -4.09. The number of nitrogens with zero attached hydrogens (tertiary/aromatic N) is 2. The molecule has 1 saturated heterocycles. The summed E-state index contributed by atoms with van der Waals surface area (Å²) in [6.07, 6.45) is 1.92. The van der Waals surface area contributed by atoms with E-state index in [1.54, 1.807) is 6.92 Å². The molecule has 1 unspecified atom stereocenters. The summed E-state index contributed by atoms with van der Waals surface area (Å²) in [5.41, 5.74) is -1.48. The maximum absolute atomic E-state index is 12.8. The maximum Gasteiger partial charge on any atom is 0.264 e. The van der Waals surface area contributed by atoms with Crippen LogP contribution in [0.25, 0.3) is 0 Å². The summed E-state index contributed by atoms with van der Waals surface area (Å²) in [5, 5.41) is 8.80. The fourth-order valence-electron chi connectivity index (χ4n) is 3.22. The van der Waals surface area contributed by atoms with Crippen molar-refractivity contribution in [3.8, 4) is 6.07 Å². The van der Waals surface area contributed by atoms with E-state index in [1.807, 2.05) is 26.8 Å². The second kappa shape index (κ2) is 7.31. The van der Waals surface area contributed by atoms with Gasteiger partial charge < -0.3 is 4.90 Å². The molecule has 1 heterocycles. The summed E-state index contributed by atoms with van der Waals surface area (Å²) in [5.74, 6) is -0.872. The van der Waals surface area contributed by atoms with Gasteiger partial charge in [-0.1, -0.05) is 27.2 Å². The average molecular weight is 391 g/mol. The van der Waals surface area contributed by atoms with Crippen molar-refractivity contribution in [2.45, 2.75) is 57.4 Å². The van der Waals surface area contributed by atoms with Crippen molar-refractivity contribution in [1.29, 1.82) is 5.26 Å². The lowest BCUT2D eigenvalue weighted by Crippen LogP contribution is -2.69. The first kappa shape index (κ1) is 20.9. The zero-order valence-corrected chi connectivity index (χ0v) is 16.9. The van der Waals surface area contributed by atoms with E-state index >= 15 is 0 Å². The van der Waals surface area contributed by atoms with Crippen molar-refractivity contribution < 1.29 is 18.0 Å². The standard InChI is InChI=1S/C19H25N3O4S/c1-5-10-18(2,3)17(24)22-12-11-19(22,4)16(23)21-27(25,26)15-8-6-14(13-20)7-9-15/h6-9H,5,10-12H2,1-4H3,(H,21,23). The molecule has 0 bridgehead atoms. The number of likely N-dealkylation sites (tertiary alicyclic amines) is 1. The van der Waals surface area contributed by atoms with Crippen molar-refractivity contribution in [2.24, 2.45) is 5.41 Å². The van der Waals surface area contributed by atoms with E-state index in [1.165, 1.54) is 29.2 Å². The molecule has 8 heteroatoms. The molecule has 1 fully saturated rings. The summed E-state index contributed by atoms with van der Waals surface area (Å²) in [7, 11) is -4.09. The monoisotopic (exact) mass is 391 g/mol. The Balaban J connectivity index is 2.18. The number of sulfonamides is 1. The van der Waals surface area contributed by atoms with Gasteiger partial charge in [0.25, 0.3) is 15.9 Å². The maximum atomic E-state index is 12.8. The highest BCUT2D eigenvalue weighted by molar-refractivity contribution is 7.90. The molecule has 1 aliphatic heterocycles. The van der Waals surface area contributed by atoms with Gasteiger partial charge in [-0.05, 0) is 44.0 Å². The third-order valence-corrected chi connectivity index (χ3v) is 6.47. The number of hydrogen-bond acceptors (Lipinski definition) is 5. The van der Waals surface area contributed by atoms with Gasteiger partial charge in [0.2, 0.25) is 5.91 Å². The molecule has 1 aromatic carbocycles. The topological polar surface area (TPSA) is 107 Å². The molecule has 1 aromatic rings. The number of hydrogen-bond donors (Lipinski definition) is 1. The first-order chi connectivity index (χ1) is 12.5. The molecule has 2 amide bonds. The number of nitriles is 1. The summed E-state index contributed by atoms with van der Waals surface area (Å²) in [4.78, 5) is 26.9. The molecular weight excluding hydrogens is 366 g/mol. The van der Waals surface area contributed by atoms with Crippen LogP contribution in [0.1, 0.15) is 52.5 Å². The smallest absolute Gasteiger partial charge is 0.264 e. The first-order valence-electron chi connectivity index (χ1n) is 8.87. The van der Waals surface area contributed by atoms with Crippen LogP contribution in [0.3, 0.4) is 0 Å². The molecule has 1 atom stereocenters. The van der Waals surface area contributed by atoms with Gasteiger partial charge in [-0.3, -0.25) is 9.59 Å². The zero-order valence-electron chi connectivity index (χ0n) is 16.1. The average Bonchev–Trinajstić information content (AvgIpc) is 2.59. The molecule has 7 nitrogen and oxygen atoms in total. The van der Waals surface area contributed by atoms with E-state index in [0.717, 1.165) is 6.42 Å². The van der Waals surface area contributed by atoms with Gasteiger partial charge in [0, 0.05) is 12.0 Å². The van der Waals surface area contributed by atoms with Crippen LogP contribution in [0, 0.1) is 16.7 Å². The summed E-state index contributed by atoms with van der Waals surface area (Å²) in [6.45, 7) is 7.67. The van der Waals surface area contributed by atoms with Gasteiger partial charge in [0.1, 0.15) is 5.54 Å². The van der Waals surface area contributed by atoms with E-state index in [0.29, 0.717) is 24.9 Å². The van der Waals surface area contributed by atoms with Crippen LogP contribution in [0.4, 0.5) is 0 Å². The van der Waals surface area contributed by atoms with Crippen LogP contribution in [-0.4, -0.2) is 37.2 Å². The predicted octanol–water partition coefficient (Wildman–Crippen LogP) is 2.18. The van der Waals surface area contributed by atoms with Gasteiger partial charge in [0.05, 0.1) is 16.5 Å². The van der Waals surface area contributed by atoms with Crippen molar-refractivity contribution in [3.63, 3.8) is 0 Å². The number of nitrogens with one attached hydrogen (secondary N) is 1. The summed E-state index contributed by atoms with van der Waals surface area (Å²) < 4.78 is 27.1. The highest BCUT2D eigenvalue weighted by atomic mass is 32.2. The zero-order chi connectivity index (χ0) is 20.5. The van der Waals surface area contributed by atoms with Crippen LogP contribution in [-0.2, 0) is 19.6 Å². The second-order valence-corrected chi connectivity index (χ2v) is 9.37. The van der Waals surface area contributed by atoms with E-state index in [4.69, 9.17) is 5.26 Å². The van der Waals surface area contributed by atoms with Crippen LogP contribution in [0.15, 0.2) is 29.2 Å². The fraction of sp³-hybridized carbons (Fsp3) is 0.526. The van der Waals surface area contributed by atoms with E-state index in [-0.39, 0.29) is 10.8 Å². The molecule has 0 saturated carbocycles. The summed E-state index contributed by atoms with van der Waals surface area (Å²) >= 11 is 0. The van der Waals surface area contributed by atoms with Gasteiger partial charge in [-0.15, -0.1) is 0 Å². The molecule has 1 N–H and O–H groups in total. The highest BCUT2D eigenvalue weighted by Gasteiger charge is 2.52. The Morgan fingerprint density at radius 3 is 2.33 bits per heavy atom. The Bertz CT molecular complexity index is 885. The molecule has 0 aromatic heterocycles. The van der Waals surface area contributed by atoms with Crippen molar-refractivity contribution in [1.82, 2.24) is 9.62 Å². The Kier molecular flexibility index (Phi) is 5.66. The van der Waals surface area contributed by atoms with Crippen LogP contribution in [0.2, 0.25) is 0 Å². The van der Waals surface area contributed by atoms with E-state index in [2.05, 4.69) is 4.72 Å². The molecule has 2 rings (SSSR count).